The van der Waals surface area contributed by atoms with Crippen molar-refractivity contribution in [3.05, 3.63) is 24.5 Å². The molecule has 5 nitrogen and oxygen atoms in total. The number of carbonyl (C=O) groups excluding carboxylic acids is 1. The molecule has 5 heteroatoms. The first-order valence-electron chi connectivity index (χ1n) is 8.79. The van der Waals surface area contributed by atoms with E-state index in [1.54, 1.807) is 12.4 Å². The number of aromatic nitrogens is 1. The molecular formula is C18H25N3O2. The Balaban J connectivity index is 1.19. The molecule has 0 spiro atoms. The molecule has 3 heterocycles. The Labute approximate surface area is 137 Å². The van der Waals surface area contributed by atoms with Gasteiger partial charge in [-0.15, -0.1) is 0 Å². The van der Waals surface area contributed by atoms with Crippen molar-refractivity contribution >= 4 is 11.6 Å². The number of carbonyl (C=O) groups is 1. The van der Waals surface area contributed by atoms with Gasteiger partial charge in [-0.3, -0.25) is 9.78 Å². The molecule has 0 radical (unpaired) electrons. The highest BCUT2D eigenvalue weighted by Gasteiger charge is 2.55. The highest BCUT2D eigenvalue weighted by atomic mass is 16.5. The summed E-state index contributed by atoms with van der Waals surface area (Å²) >= 11 is 0. The van der Waals surface area contributed by atoms with Crippen molar-refractivity contribution in [3.63, 3.8) is 0 Å². The molecule has 3 atom stereocenters. The Morgan fingerprint density at radius 1 is 1.30 bits per heavy atom. The number of amides is 1. The van der Waals surface area contributed by atoms with Gasteiger partial charge in [0.15, 0.2) is 0 Å². The lowest BCUT2D eigenvalue weighted by molar-refractivity contribution is -0.116. The maximum absolute atomic E-state index is 12.1. The molecule has 1 aromatic rings. The van der Waals surface area contributed by atoms with Gasteiger partial charge >= 0.3 is 0 Å². The summed E-state index contributed by atoms with van der Waals surface area (Å²) in [6.07, 6.45) is 6.50. The third-order valence-corrected chi connectivity index (χ3v) is 5.67. The number of piperidine rings is 1. The maximum atomic E-state index is 12.1. The highest BCUT2D eigenvalue weighted by molar-refractivity contribution is 5.90. The number of anilines is 1. The van der Waals surface area contributed by atoms with E-state index >= 15 is 0 Å². The van der Waals surface area contributed by atoms with E-state index in [1.807, 2.05) is 12.1 Å². The number of ether oxygens (including phenoxy) is 1. The molecule has 124 valence electrons. The average molecular weight is 315 g/mol. The fraction of sp³-hybridized carbons (Fsp3) is 0.667. The van der Waals surface area contributed by atoms with Gasteiger partial charge in [0.25, 0.3) is 0 Å². The van der Waals surface area contributed by atoms with E-state index in [2.05, 4.69) is 15.2 Å². The molecule has 1 N–H and O–H groups in total. The van der Waals surface area contributed by atoms with Gasteiger partial charge in [-0.05, 0) is 48.6 Å². The topological polar surface area (TPSA) is 54.5 Å². The molecule has 1 saturated carbocycles. The minimum absolute atomic E-state index is 0.133. The first kappa shape index (κ1) is 15.1. The molecule has 0 bridgehead atoms. The molecule has 3 aliphatic rings. The second-order valence-electron chi connectivity index (χ2n) is 7.26. The third kappa shape index (κ3) is 3.56. The van der Waals surface area contributed by atoms with Crippen molar-refractivity contribution < 1.29 is 9.53 Å². The van der Waals surface area contributed by atoms with Crippen LogP contribution in [0.1, 0.15) is 19.3 Å². The van der Waals surface area contributed by atoms with Gasteiger partial charge in [0, 0.05) is 45.5 Å². The van der Waals surface area contributed by atoms with Crippen molar-refractivity contribution in [2.75, 3.05) is 38.2 Å². The number of nitrogens with zero attached hydrogens (tertiary/aromatic N) is 2. The van der Waals surface area contributed by atoms with Crippen molar-refractivity contribution in [3.8, 4) is 0 Å². The summed E-state index contributed by atoms with van der Waals surface area (Å²) in [5.41, 5.74) is 0.796. The summed E-state index contributed by atoms with van der Waals surface area (Å²) in [5.74, 6) is 3.03. The first-order valence-corrected chi connectivity index (χ1v) is 8.79. The number of likely N-dealkylation sites (tertiary alicyclic amines) is 1. The van der Waals surface area contributed by atoms with Crippen molar-refractivity contribution in [2.45, 2.75) is 19.3 Å². The van der Waals surface area contributed by atoms with Gasteiger partial charge < -0.3 is 15.0 Å². The van der Waals surface area contributed by atoms with Gasteiger partial charge in [-0.2, -0.15) is 0 Å². The summed E-state index contributed by atoms with van der Waals surface area (Å²) in [7, 11) is 0. The summed E-state index contributed by atoms with van der Waals surface area (Å²) in [5, 5.41) is 2.95. The second-order valence-corrected chi connectivity index (χ2v) is 7.26. The summed E-state index contributed by atoms with van der Waals surface area (Å²) in [6.45, 7) is 5.47. The SMILES string of the molecule is O=C(CC1[C@H]2CN(CC3CCOCC3)C[C@@H]12)Nc1cccnc1. The lowest BCUT2D eigenvalue weighted by atomic mass is 9.99. The molecule has 4 rings (SSSR count). The van der Waals surface area contributed by atoms with Crippen LogP contribution in [0.25, 0.3) is 0 Å². The number of hydrogen-bond acceptors (Lipinski definition) is 4. The highest BCUT2D eigenvalue weighted by Crippen LogP contribution is 2.53. The van der Waals surface area contributed by atoms with E-state index in [0.717, 1.165) is 36.7 Å². The Morgan fingerprint density at radius 2 is 2.09 bits per heavy atom. The van der Waals surface area contributed by atoms with Gasteiger partial charge in [0.05, 0.1) is 11.9 Å². The van der Waals surface area contributed by atoms with E-state index in [1.165, 1.54) is 32.5 Å². The van der Waals surface area contributed by atoms with E-state index in [0.29, 0.717) is 12.3 Å². The van der Waals surface area contributed by atoms with E-state index in [-0.39, 0.29) is 5.91 Å². The second kappa shape index (κ2) is 6.57. The number of pyridine rings is 1. The molecular weight excluding hydrogens is 290 g/mol. The number of nitrogens with one attached hydrogen (secondary N) is 1. The Bertz CT molecular complexity index is 532. The molecule has 1 aromatic heterocycles. The molecule has 1 amide bonds. The maximum Gasteiger partial charge on any atom is 0.224 e. The van der Waals surface area contributed by atoms with Crippen LogP contribution in [0.3, 0.4) is 0 Å². The normalized spacial score (nSPS) is 30.9. The van der Waals surface area contributed by atoms with Crippen LogP contribution in [0.2, 0.25) is 0 Å². The molecule has 23 heavy (non-hydrogen) atoms. The Hall–Kier alpha value is -1.46. The predicted molar refractivity (Wildman–Crippen MR) is 87.9 cm³/mol. The van der Waals surface area contributed by atoms with Gasteiger partial charge in [-0.1, -0.05) is 0 Å². The minimum Gasteiger partial charge on any atom is -0.381 e. The van der Waals surface area contributed by atoms with Crippen LogP contribution < -0.4 is 5.32 Å². The van der Waals surface area contributed by atoms with Crippen LogP contribution in [0.4, 0.5) is 5.69 Å². The van der Waals surface area contributed by atoms with Crippen molar-refractivity contribution in [2.24, 2.45) is 23.7 Å². The zero-order valence-electron chi connectivity index (χ0n) is 13.5. The summed E-state index contributed by atoms with van der Waals surface area (Å²) in [4.78, 5) is 18.8. The van der Waals surface area contributed by atoms with E-state index in [9.17, 15) is 4.79 Å². The summed E-state index contributed by atoms with van der Waals surface area (Å²) in [6, 6.07) is 3.73. The van der Waals surface area contributed by atoms with Crippen LogP contribution in [0.5, 0.6) is 0 Å². The number of rotatable bonds is 5. The van der Waals surface area contributed by atoms with Crippen LogP contribution in [-0.2, 0) is 9.53 Å². The molecule has 0 aromatic carbocycles. The molecule has 3 fully saturated rings. The van der Waals surface area contributed by atoms with Gasteiger partial charge in [-0.25, -0.2) is 0 Å². The van der Waals surface area contributed by atoms with Crippen LogP contribution in [0, 0.1) is 23.7 Å². The standard InChI is InChI=1S/C18H25N3O2/c22-18(20-14-2-1-5-19-9-14)8-15-16-11-21(12-17(15)16)10-13-3-6-23-7-4-13/h1-2,5,9,13,15-17H,3-4,6-8,10-12H2,(H,20,22)/t15?,16-,17+. The molecule has 1 aliphatic carbocycles. The lowest BCUT2D eigenvalue weighted by Crippen LogP contribution is -2.33. The lowest BCUT2D eigenvalue weighted by Gasteiger charge is -2.28. The van der Waals surface area contributed by atoms with Crippen molar-refractivity contribution in [1.82, 2.24) is 9.88 Å². The first-order chi connectivity index (χ1) is 11.3. The van der Waals surface area contributed by atoms with E-state index < -0.39 is 0 Å². The van der Waals surface area contributed by atoms with E-state index in [4.69, 9.17) is 4.74 Å². The Kier molecular flexibility index (Phi) is 4.31. The zero-order valence-corrected chi connectivity index (χ0v) is 13.5. The smallest absolute Gasteiger partial charge is 0.224 e. The molecule has 2 saturated heterocycles. The third-order valence-electron chi connectivity index (χ3n) is 5.67. The molecule has 1 unspecified atom stereocenters. The number of hydrogen-bond donors (Lipinski definition) is 1. The van der Waals surface area contributed by atoms with Gasteiger partial charge in [0.2, 0.25) is 5.91 Å². The zero-order chi connectivity index (χ0) is 15.6. The monoisotopic (exact) mass is 315 g/mol. The van der Waals surface area contributed by atoms with Crippen LogP contribution >= 0.6 is 0 Å². The van der Waals surface area contributed by atoms with Gasteiger partial charge in [0.1, 0.15) is 0 Å². The predicted octanol–water partition coefficient (Wildman–Crippen LogP) is 2.01. The minimum atomic E-state index is 0.133. The Morgan fingerprint density at radius 3 is 2.78 bits per heavy atom. The fourth-order valence-corrected chi connectivity index (χ4v) is 4.35. The molecule has 2 aliphatic heterocycles. The van der Waals surface area contributed by atoms with Crippen LogP contribution in [0.15, 0.2) is 24.5 Å². The largest absolute Gasteiger partial charge is 0.381 e. The van der Waals surface area contributed by atoms with Crippen LogP contribution in [-0.4, -0.2) is 48.6 Å². The van der Waals surface area contributed by atoms with Crippen molar-refractivity contribution in [1.29, 1.82) is 0 Å². The quantitative estimate of drug-likeness (QED) is 0.903. The average Bonchev–Trinajstić information content (AvgIpc) is 3.01. The fourth-order valence-electron chi connectivity index (χ4n) is 4.35. The summed E-state index contributed by atoms with van der Waals surface area (Å²) < 4.78 is 5.44. The number of fused-ring (bicyclic) bond motifs is 1.